The van der Waals surface area contributed by atoms with Crippen molar-refractivity contribution in [3.63, 3.8) is 0 Å². The molecule has 3 heterocycles. The van der Waals surface area contributed by atoms with Crippen LogP contribution in [0.25, 0.3) is 11.5 Å². The van der Waals surface area contributed by atoms with E-state index in [4.69, 9.17) is 13.7 Å². The van der Waals surface area contributed by atoms with Gasteiger partial charge in [0.05, 0.1) is 13.1 Å². The molecule has 0 saturated carbocycles. The van der Waals surface area contributed by atoms with Crippen LogP contribution in [0.1, 0.15) is 36.6 Å². The average molecular weight is 341 g/mol. The summed E-state index contributed by atoms with van der Waals surface area (Å²) in [6.07, 6.45) is 1.90. The molecule has 1 aromatic carbocycles. The molecule has 0 aliphatic carbocycles. The van der Waals surface area contributed by atoms with Crippen molar-refractivity contribution in [1.82, 2.24) is 25.2 Å². The Morgan fingerprint density at radius 2 is 2.04 bits per heavy atom. The van der Waals surface area contributed by atoms with Crippen LogP contribution in [0.5, 0.6) is 0 Å². The molecule has 1 aliphatic heterocycles. The molecule has 8 nitrogen and oxygen atoms in total. The van der Waals surface area contributed by atoms with Crippen LogP contribution in [-0.4, -0.2) is 38.9 Å². The van der Waals surface area contributed by atoms with E-state index in [-0.39, 0.29) is 6.10 Å². The molecule has 25 heavy (non-hydrogen) atoms. The Bertz CT molecular complexity index is 811. The Morgan fingerprint density at radius 1 is 1.16 bits per heavy atom. The summed E-state index contributed by atoms with van der Waals surface area (Å²) < 4.78 is 16.6. The summed E-state index contributed by atoms with van der Waals surface area (Å²) in [5.74, 6) is 2.24. The van der Waals surface area contributed by atoms with Gasteiger partial charge >= 0.3 is 0 Å². The van der Waals surface area contributed by atoms with Crippen molar-refractivity contribution in [2.75, 3.05) is 13.7 Å². The van der Waals surface area contributed by atoms with E-state index in [1.807, 2.05) is 42.3 Å². The van der Waals surface area contributed by atoms with Gasteiger partial charge in [-0.05, 0) is 32.0 Å². The predicted molar refractivity (Wildman–Crippen MR) is 87.1 cm³/mol. The largest absolute Gasteiger partial charge is 0.419 e. The minimum atomic E-state index is -0.0593. The summed E-state index contributed by atoms with van der Waals surface area (Å²) >= 11 is 0. The maximum Gasteiger partial charge on any atom is 0.255 e. The lowest BCUT2D eigenvalue weighted by atomic mass is 10.2. The second-order valence-electron chi connectivity index (χ2n) is 6.09. The van der Waals surface area contributed by atoms with Crippen LogP contribution in [0.2, 0.25) is 0 Å². The molecule has 2 aromatic heterocycles. The van der Waals surface area contributed by atoms with Crippen LogP contribution in [0.15, 0.2) is 39.3 Å². The highest BCUT2D eigenvalue weighted by molar-refractivity contribution is 5.51. The molecule has 3 aromatic rings. The van der Waals surface area contributed by atoms with E-state index in [1.54, 1.807) is 0 Å². The number of nitrogens with zero attached hydrogens (tertiary/aromatic N) is 5. The van der Waals surface area contributed by atoms with E-state index >= 15 is 0 Å². The molecule has 1 fully saturated rings. The van der Waals surface area contributed by atoms with E-state index in [0.29, 0.717) is 36.6 Å². The Balaban J connectivity index is 1.36. The number of benzene rings is 1. The molecule has 0 radical (unpaired) electrons. The second kappa shape index (κ2) is 7.12. The fraction of sp³-hybridized carbons (Fsp3) is 0.412. The predicted octanol–water partition coefficient (Wildman–Crippen LogP) is 2.60. The first-order chi connectivity index (χ1) is 12.3. The van der Waals surface area contributed by atoms with E-state index in [1.165, 1.54) is 0 Å². The zero-order valence-corrected chi connectivity index (χ0v) is 14.0. The second-order valence-corrected chi connectivity index (χ2v) is 6.09. The van der Waals surface area contributed by atoms with E-state index < -0.39 is 0 Å². The SMILES string of the molecule is CN(Cc1noc(C2CCCO2)n1)Cc1nnc(-c2ccccc2)o1. The minimum Gasteiger partial charge on any atom is -0.419 e. The minimum absolute atomic E-state index is 0.0593. The van der Waals surface area contributed by atoms with Crippen LogP contribution in [-0.2, 0) is 17.8 Å². The van der Waals surface area contributed by atoms with Crippen molar-refractivity contribution in [3.8, 4) is 11.5 Å². The lowest BCUT2D eigenvalue weighted by Gasteiger charge is -2.10. The van der Waals surface area contributed by atoms with Crippen molar-refractivity contribution in [2.24, 2.45) is 0 Å². The summed E-state index contributed by atoms with van der Waals surface area (Å²) in [6.45, 7) is 1.78. The summed E-state index contributed by atoms with van der Waals surface area (Å²) in [4.78, 5) is 6.41. The van der Waals surface area contributed by atoms with Crippen molar-refractivity contribution in [2.45, 2.75) is 32.0 Å². The monoisotopic (exact) mass is 341 g/mol. The number of hydrogen-bond acceptors (Lipinski definition) is 8. The lowest BCUT2D eigenvalue weighted by molar-refractivity contribution is 0.0835. The highest BCUT2D eigenvalue weighted by Gasteiger charge is 2.24. The first kappa shape index (κ1) is 15.9. The number of hydrogen-bond donors (Lipinski definition) is 0. The van der Waals surface area contributed by atoms with Crippen molar-refractivity contribution >= 4 is 0 Å². The summed E-state index contributed by atoms with van der Waals surface area (Å²) in [5, 5.41) is 12.2. The molecule has 1 atom stereocenters. The first-order valence-corrected chi connectivity index (χ1v) is 8.28. The number of aromatic nitrogens is 4. The topological polar surface area (TPSA) is 90.3 Å². The molecule has 1 saturated heterocycles. The van der Waals surface area contributed by atoms with Gasteiger partial charge in [-0.15, -0.1) is 10.2 Å². The average Bonchev–Trinajstić information content (AvgIpc) is 3.37. The third kappa shape index (κ3) is 3.75. The zero-order chi connectivity index (χ0) is 17.1. The highest BCUT2D eigenvalue weighted by Crippen LogP contribution is 2.27. The van der Waals surface area contributed by atoms with Crippen LogP contribution < -0.4 is 0 Å². The van der Waals surface area contributed by atoms with Crippen molar-refractivity contribution in [3.05, 3.63) is 47.9 Å². The van der Waals surface area contributed by atoms with Crippen LogP contribution in [0.3, 0.4) is 0 Å². The quantitative estimate of drug-likeness (QED) is 0.676. The Hall–Kier alpha value is -2.58. The van der Waals surface area contributed by atoms with Gasteiger partial charge in [0.2, 0.25) is 11.8 Å². The van der Waals surface area contributed by atoms with Gasteiger partial charge in [0.1, 0.15) is 6.10 Å². The molecule has 4 rings (SSSR count). The van der Waals surface area contributed by atoms with Gasteiger partial charge in [0.15, 0.2) is 5.82 Å². The summed E-state index contributed by atoms with van der Waals surface area (Å²) in [7, 11) is 1.94. The highest BCUT2D eigenvalue weighted by atomic mass is 16.5. The fourth-order valence-corrected chi connectivity index (χ4v) is 2.78. The Labute approximate surface area is 144 Å². The van der Waals surface area contributed by atoms with Gasteiger partial charge < -0.3 is 13.7 Å². The van der Waals surface area contributed by atoms with Crippen LogP contribution >= 0.6 is 0 Å². The van der Waals surface area contributed by atoms with Gasteiger partial charge in [-0.2, -0.15) is 4.98 Å². The smallest absolute Gasteiger partial charge is 0.255 e. The van der Waals surface area contributed by atoms with Gasteiger partial charge in [0, 0.05) is 12.2 Å². The van der Waals surface area contributed by atoms with Gasteiger partial charge in [0.25, 0.3) is 5.89 Å². The van der Waals surface area contributed by atoms with E-state index in [9.17, 15) is 0 Å². The molecular weight excluding hydrogens is 322 g/mol. The Kier molecular flexibility index (Phi) is 4.53. The molecule has 0 bridgehead atoms. The number of rotatable bonds is 6. The molecule has 0 amide bonds. The maximum absolute atomic E-state index is 5.72. The Morgan fingerprint density at radius 3 is 2.84 bits per heavy atom. The summed E-state index contributed by atoms with van der Waals surface area (Å²) in [6, 6.07) is 9.70. The summed E-state index contributed by atoms with van der Waals surface area (Å²) in [5.41, 5.74) is 0.906. The normalized spacial score (nSPS) is 17.4. The fourth-order valence-electron chi connectivity index (χ4n) is 2.78. The van der Waals surface area contributed by atoms with E-state index in [2.05, 4.69) is 20.3 Å². The van der Waals surface area contributed by atoms with E-state index in [0.717, 1.165) is 25.0 Å². The molecule has 8 heteroatoms. The molecular formula is C17H19N5O3. The standard InChI is InChI=1S/C17H19N5O3/c1-22(10-14-18-17(25-21-14)13-8-5-9-23-13)11-15-19-20-16(24-15)12-6-3-2-4-7-12/h2-4,6-7,13H,5,8-11H2,1H3. The van der Waals surface area contributed by atoms with Crippen LogP contribution in [0.4, 0.5) is 0 Å². The molecule has 1 unspecified atom stereocenters. The number of ether oxygens (including phenoxy) is 1. The molecule has 0 N–H and O–H groups in total. The molecule has 0 spiro atoms. The zero-order valence-electron chi connectivity index (χ0n) is 14.0. The molecule has 130 valence electrons. The third-order valence-electron chi connectivity index (χ3n) is 3.99. The third-order valence-corrected chi connectivity index (χ3v) is 3.99. The van der Waals surface area contributed by atoms with Gasteiger partial charge in [-0.1, -0.05) is 23.4 Å². The first-order valence-electron chi connectivity index (χ1n) is 8.28. The van der Waals surface area contributed by atoms with Gasteiger partial charge in [-0.3, -0.25) is 4.90 Å². The van der Waals surface area contributed by atoms with Gasteiger partial charge in [-0.25, -0.2) is 0 Å². The maximum atomic E-state index is 5.72. The lowest BCUT2D eigenvalue weighted by Crippen LogP contribution is -2.18. The van der Waals surface area contributed by atoms with Crippen LogP contribution in [0, 0.1) is 0 Å². The van der Waals surface area contributed by atoms with Crippen molar-refractivity contribution < 1.29 is 13.7 Å². The molecule has 1 aliphatic rings. The van der Waals surface area contributed by atoms with Crippen molar-refractivity contribution in [1.29, 1.82) is 0 Å².